The summed E-state index contributed by atoms with van der Waals surface area (Å²) >= 11 is 1.46. The number of benzene rings is 1. The Morgan fingerprint density at radius 2 is 2.29 bits per heavy atom. The van der Waals surface area contributed by atoms with Gasteiger partial charge in [0, 0.05) is 24.8 Å². The number of hydrogen-bond acceptors (Lipinski definition) is 6. The molecule has 2 aromatic rings. The zero-order chi connectivity index (χ0) is 15.2. The Balaban J connectivity index is 2.14. The van der Waals surface area contributed by atoms with E-state index in [-0.39, 0.29) is 18.0 Å². The van der Waals surface area contributed by atoms with Gasteiger partial charge in [-0.25, -0.2) is 0 Å². The molecule has 1 heterocycles. The first kappa shape index (κ1) is 15.4. The zero-order valence-corrected chi connectivity index (χ0v) is 12.7. The molecule has 1 aromatic carbocycles. The van der Waals surface area contributed by atoms with Crippen LogP contribution in [0.1, 0.15) is 24.3 Å². The monoisotopic (exact) mass is 307 g/mol. The maximum absolute atomic E-state index is 11.1. The fourth-order valence-electron chi connectivity index (χ4n) is 1.72. The lowest BCUT2D eigenvalue weighted by Crippen LogP contribution is -2.21. The Morgan fingerprint density at radius 3 is 2.90 bits per heavy atom. The summed E-state index contributed by atoms with van der Waals surface area (Å²) in [4.78, 5) is 15.5. The molecule has 0 aliphatic heterocycles. The van der Waals surface area contributed by atoms with E-state index in [4.69, 9.17) is 4.74 Å². The van der Waals surface area contributed by atoms with Crippen molar-refractivity contribution in [3.63, 3.8) is 0 Å². The van der Waals surface area contributed by atoms with Crippen molar-refractivity contribution < 1.29 is 9.66 Å². The fourth-order valence-corrected chi connectivity index (χ4v) is 2.22. The molecule has 0 bridgehead atoms. The minimum atomic E-state index is -0.429. The second-order valence-electron chi connectivity index (χ2n) is 4.85. The Morgan fingerprint density at radius 1 is 1.48 bits per heavy atom. The first-order valence-electron chi connectivity index (χ1n) is 6.57. The largest absolute Gasteiger partial charge is 0.481 e. The van der Waals surface area contributed by atoms with Crippen LogP contribution in [-0.4, -0.2) is 15.9 Å². The number of ether oxygens (including phenoxy) is 1. The summed E-state index contributed by atoms with van der Waals surface area (Å²) < 4.78 is 5.59. The Bertz CT molecular complexity index is 600. The smallest absolute Gasteiger partial charge is 0.310 e. The van der Waals surface area contributed by atoms with Gasteiger partial charge < -0.3 is 10.1 Å². The summed E-state index contributed by atoms with van der Waals surface area (Å²) in [5.41, 5.74) is 2.64. The van der Waals surface area contributed by atoms with Crippen LogP contribution in [0.4, 0.5) is 5.69 Å². The van der Waals surface area contributed by atoms with Gasteiger partial charge in [-0.1, -0.05) is 19.9 Å². The van der Waals surface area contributed by atoms with Crippen molar-refractivity contribution in [2.75, 3.05) is 0 Å². The van der Waals surface area contributed by atoms with Gasteiger partial charge in [0.25, 0.3) is 0 Å². The van der Waals surface area contributed by atoms with Gasteiger partial charge in [-0.3, -0.25) is 15.1 Å². The summed E-state index contributed by atoms with van der Waals surface area (Å²) in [6.45, 7) is 5.03. The van der Waals surface area contributed by atoms with Gasteiger partial charge in [-0.05, 0) is 11.6 Å². The minimum absolute atomic E-state index is 0.0205. The van der Waals surface area contributed by atoms with Crippen LogP contribution in [0.2, 0.25) is 0 Å². The molecule has 0 saturated carbocycles. The van der Waals surface area contributed by atoms with E-state index >= 15 is 0 Å². The van der Waals surface area contributed by atoms with E-state index in [0.29, 0.717) is 12.6 Å². The maximum atomic E-state index is 11.1. The number of nitro groups is 1. The molecule has 0 aliphatic rings. The average Bonchev–Trinajstić information content (AvgIpc) is 2.96. The van der Waals surface area contributed by atoms with Gasteiger partial charge in [0.05, 0.1) is 15.3 Å². The predicted octanol–water partition coefficient (Wildman–Crippen LogP) is 3.13. The molecule has 7 heteroatoms. The van der Waals surface area contributed by atoms with E-state index in [2.05, 4.69) is 10.3 Å². The van der Waals surface area contributed by atoms with E-state index in [0.717, 1.165) is 10.4 Å². The lowest BCUT2D eigenvalue weighted by Gasteiger charge is -2.10. The topological polar surface area (TPSA) is 77.3 Å². The predicted molar refractivity (Wildman–Crippen MR) is 81.5 cm³/mol. The van der Waals surface area contributed by atoms with Crippen molar-refractivity contribution in [1.29, 1.82) is 0 Å². The third-order valence-electron chi connectivity index (χ3n) is 2.79. The molecule has 0 amide bonds. The number of nitrogens with one attached hydrogen (secondary N) is 1. The van der Waals surface area contributed by atoms with Crippen molar-refractivity contribution in [2.45, 2.75) is 33.0 Å². The highest BCUT2D eigenvalue weighted by Crippen LogP contribution is 2.29. The lowest BCUT2D eigenvalue weighted by atomic mass is 10.2. The van der Waals surface area contributed by atoms with Crippen molar-refractivity contribution in [2.24, 2.45) is 0 Å². The fraction of sp³-hybridized carbons (Fsp3) is 0.357. The lowest BCUT2D eigenvalue weighted by molar-refractivity contribution is -0.386. The Hall–Kier alpha value is -1.99. The van der Waals surface area contributed by atoms with Crippen molar-refractivity contribution in [3.05, 3.63) is 50.5 Å². The number of nitrogens with zero attached hydrogens (tertiary/aromatic N) is 2. The molecule has 112 valence electrons. The second-order valence-corrected chi connectivity index (χ2v) is 5.82. The molecular weight excluding hydrogens is 290 g/mol. The molecule has 1 N–H and O–H groups in total. The standard InChI is InChI=1S/C14H17N3O3S/c1-10(2)16-6-11-3-4-13(17(18)19)14(5-11)20-8-12-7-15-9-21-12/h3-5,7,9-10,16H,6,8H2,1-2H3. The van der Waals surface area contributed by atoms with Crippen LogP contribution in [0.25, 0.3) is 0 Å². The highest BCUT2D eigenvalue weighted by molar-refractivity contribution is 7.09. The third kappa shape index (κ3) is 4.51. The molecule has 0 fully saturated rings. The summed E-state index contributed by atoms with van der Waals surface area (Å²) in [6, 6.07) is 5.29. The molecular formula is C14H17N3O3S. The van der Waals surface area contributed by atoms with Crippen LogP contribution < -0.4 is 10.1 Å². The SMILES string of the molecule is CC(C)NCc1ccc([N+](=O)[O-])c(OCc2cncs2)c1. The Kier molecular flexibility index (Phi) is 5.24. The van der Waals surface area contributed by atoms with Gasteiger partial charge in [0.2, 0.25) is 0 Å². The highest BCUT2D eigenvalue weighted by atomic mass is 32.1. The van der Waals surface area contributed by atoms with E-state index < -0.39 is 4.92 Å². The summed E-state index contributed by atoms with van der Waals surface area (Å²) in [5.74, 6) is 0.288. The molecule has 2 rings (SSSR count). The molecule has 0 radical (unpaired) electrons. The number of aromatic nitrogens is 1. The maximum Gasteiger partial charge on any atom is 0.310 e. The summed E-state index contributed by atoms with van der Waals surface area (Å²) in [7, 11) is 0. The van der Waals surface area contributed by atoms with Crippen LogP contribution in [0, 0.1) is 10.1 Å². The van der Waals surface area contributed by atoms with Gasteiger partial charge >= 0.3 is 5.69 Å². The average molecular weight is 307 g/mol. The molecule has 0 saturated heterocycles. The quantitative estimate of drug-likeness (QED) is 0.628. The van der Waals surface area contributed by atoms with Crippen molar-refractivity contribution in [3.8, 4) is 5.75 Å². The summed E-state index contributed by atoms with van der Waals surface area (Å²) in [6.07, 6.45) is 1.70. The van der Waals surface area contributed by atoms with Gasteiger partial charge in [0.15, 0.2) is 5.75 Å². The molecule has 0 aliphatic carbocycles. The molecule has 1 aromatic heterocycles. The molecule has 6 nitrogen and oxygen atoms in total. The number of nitro benzene ring substituents is 1. The van der Waals surface area contributed by atoms with E-state index in [1.807, 2.05) is 13.8 Å². The van der Waals surface area contributed by atoms with Crippen LogP contribution in [0.3, 0.4) is 0 Å². The zero-order valence-electron chi connectivity index (χ0n) is 11.9. The minimum Gasteiger partial charge on any atom is -0.481 e. The first-order valence-corrected chi connectivity index (χ1v) is 7.45. The highest BCUT2D eigenvalue weighted by Gasteiger charge is 2.16. The molecule has 0 unspecified atom stereocenters. The number of thiazole rings is 1. The first-order chi connectivity index (χ1) is 10.1. The van der Waals surface area contributed by atoms with Crippen LogP contribution in [0.5, 0.6) is 5.75 Å². The van der Waals surface area contributed by atoms with Crippen LogP contribution in [-0.2, 0) is 13.2 Å². The third-order valence-corrected chi connectivity index (χ3v) is 3.54. The van der Waals surface area contributed by atoms with Gasteiger partial charge in [0.1, 0.15) is 6.61 Å². The molecule has 21 heavy (non-hydrogen) atoms. The van der Waals surface area contributed by atoms with E-state index in [1.165, 1.54) is 17.4 Å². The van der Waals surface area contributed by atoms with Gasteiger partial charge in [-0.15, -0.1) is 11.3 Å². The van der Waals surface area contributed by atoms with Gasteiger partial charge in [-0.2, -0.15) is 0 Å². The Labute approximate surface area is 126 Å². The molecule has 0 spiro atoms. The van der Waals surface area contributed by atoms with Crippen LogP contribution >= 0.6 is 11.3 Å². The molecule has 0 atom stereocenters. The van der Waals surface area contributed by atoms with Crippen LogP contribution in [0.15, 0.2) is 29.9 Å². The summed E-state index contributed by atoms with van der Waals surface area (Å²) in [5, 5.41) is 14.3. The second kappa shape index (κ2) is 7.14. The number of rotatable bonds is 7. The van der Waals surface area contributed by atoms with Crippen molar-refractivity contribution >= 4 is 17.0 Å². The van der Waals surface area contributed by atoms with E-state index in [9.17, 15) is 10.1 Å². The van der Waals surface area contributed by atoms with E-state index in [1.54, 1.807) is 23.8 Å². The van der Waals surface area contributed by atoms with Crippen molar-refractivity contribution in [1.82, 2.24) is 10.3 Å². The number of hydrogen-bond donors (Lipinski definition) is 1. The normalized spacial score (nSPS) is 10.8.